The van der Waals surface area contributed by atoms with E-state index in [-0.39, 0.29) is 23.7 Å². The average molecular weight is 388 g/mol. The molecule has 2 aromatic rings. The first-order chi connectivity index (χ1) is 12.9. The molecule has 27 heavy (non-hydrogen) atoms. The van der Waals surface area contributed by atoms with Gasteiger partial charge in [0.2, 0.25) is 10.0 Å². The topological polar surface area (TPSA) is 95.9 Å². The van der Waals surface area contributed by atoms with Gasteiger partial charge in [-0.05, 0) is 42.7 Å². The summed E-state index contributed by atoms with van der Waals surface area (Å²) in [5, 5.41) is 8.77. The molecule has 2 aliphatic rings. The van der Waals surface area contributed by atoms with E-state index in [1.165, 1.54) is 0 Å². The number of para-hydroxylation sites is 1. The Morgan fingerprint density at radius 3 is 2.63 bits per heavy atom. The van der Waals surface area contributed by atoms with Gasteiger partial charge in [-0.3, -0.25) is 4.79 Å². The van der Waals surface area contributed by atoms with E-state index < -0.39 is 16.0 Å². The molecule has 2 heterocycles. The van der Waals surface area contributed by atoms with E-state index in [9.17, 15) is 13.2 Å². The van der Waals surface area contributed by atoms with Gasteiger partial charge >= 0.3 is 5.97 Å². The molecule has 2 atom stereocenters. The van der Waals surface area contributed by atoms with E-state index in [1.54, 1.807) is 18.2 Å². The minimum atomic E-state index is -3.51. The van der Waals surface area contributed by atoms with Crippen LogP contribution in [0.3, 0.4) is 0 Å². The minimum absolute atomic E-state index is 0.0925. The molecule has 4 rings (SSSR count). The Labute approximate surface area is 157 Å². The lowest BCUT2D eigenvalue weighted by atomic mass is 10.1. The number of hydrogen-bond donors (Lipinski definition) is 2. The van der Waals surface area contributed by atoms with Gasteiger partial charge in [0.15, 0.2) is 6.23 Å². The first-order valence-corrected chi connectivity index (χ1v) is 10.3. The third-order valence-electron chi connectivity index (χ3n) is 4.88. The van der Waals surface area contributed by atoms with Crippen LogP contribution in [-0.4, -0.2) is 31.9 Å². The van der Waals surface area contributed by atoms with Gasteiger partial charge in [0.25, 0.3) is 0 Å². The van der Waals surface area contributed by atoms with Crippen molar-refractivity contribution < 1.29 is 23.1 Å². The Morgan fingerprint density at radius 1 is 1.15 bits per heavy atom. The van der Waals surface area contributed by atoms with Gasteiger partial charge in [0.05, 0.1) is 11.9 Å². The van der Waals surface area contributed by atoms with Crippen molar-refractivity contribution >= 4 is 21.7 Å². The van der Waals surface area contributed by atoms with Crippen molar-refractivity contribution in [3.8, 4) is 5.75 Å². The third kappa shape index (κ3) is 3.50. The van der Waals surface area contributed by atoms with Crippen LogP contribution in [0, 0.1) is 0 Å². The molecule has 1 saturated heterocycles. The number of ether oxygens (including phenoxy) is 1. The van der Waals surface area contributed by atoms with Crippen LogP contribution < -0.4 is 14.4 Å². The highest BCUT2D eigenvalue weighted by atomic mass is 32.2. The van der Waals surface area contributed by atoms with Crippen molar-refractivity contribution in [2.45, 2.75) is 43.0 Å². The van der Waals surface area contributed by atoms with Gasteiger partial charge in [-0.1, -0.05) is 24.3 Å². The molecule has 0 aliphatic carbocycles. The maximum absolute atomic E-state index is 12.4. The zero-order valence-corrected chi connectivity index (χ0v) is 15.4. The smallest absolute Gasteiger partial charge is 0.303 e. The summed E-state index contributed by atoms with van der Waals surface area (Å²) in [5.41, 5.74) is 1.59. The summed E-state index contributed by atoms with van der Waals surface area (Å²) in [6.07, 6.45) is 1.34. The SMILES string of the molecule is O=C(O)CCc1ccc(OC2CCC3NS(=O)(=O)c4ccccc4N32)cc1. The molecule has 0 amide bonds. The van der Waals surface area contributed by atoms with Crippen LogP contribution >= 0.6 is 0 Å². The van der Waals surface area contributed by atoms with E-state index in [4.69, 9.17) is 9.84 Å². The van der Waals surface area contributed by atoms with Crippen molar-refractivity contribution in [3.05, 3.63) is 54.1 Å². The van der Waals surface area contributed by atoms with Crippen LogP contribution in [0.2, 0.25) is 0 Å². The fourth-order valence-electron chi connectivity index (χ4n) is 3.62. The molecule has 2 aromatic carbocycles. The molecule has 0 saturated carbocycles. The number of nitrogens with zero attached hydrogens (tertiary/aromatic N) is 1. The molecule has 0 spiro atoms. The van der Waals surface area contributed by atoms with Gasteiger partial charge in [-0.15, -0.1) is 0 Å². The molecule has 7 nitrogen and oxygen atoms in total. The second-order valence-electron chi connectivity index (χ2n) is 6.70. The number of rotatable bonds is 5. The lowest BCUT2D eigenvalue weighted by Gasteiger charge is -2.37. The Balaban J connectivity index is 1.53. The first kappa shape index (κ1) is 17.8. The Hall–Kier alpha value is -2.58. The number of fused-ring (bicyclic) bond motifs is 3. The predicted molar refractivity (Wildman–Crippen MR) is 99.1 cm³/mol. The Morgan fingerprint density at radius 2 is 1.89 bits per heavy atom. The molecule has 2 unspecified atom stereocenters. The molecule has 0 radical (unpaired) electrons. The van der Waals surface area contributed by atoms with E-state index in [0.29, 0.717) is 30.7 Å². The largest absolute Gasteiger partial charge is 0.481 e. The van der Waals surface area contributed by atoms with Crippen LogP contribution in [0.4, 0.5) is 5.69 Å². The maximum Gasteiger partial charge on any atom is 0.303 e. The standard InChI is InChI=1S/C19H20N2O5S/c22-19(23)12-7-13-5-8-14(9-6-13)26-18-11-10-17-20-27(24,25)16-4-2-1-3-15(16)21(17)18/h1-6,8-9,17-18,20H,7,10-12H2,(H,22,23). The molecule has 0 bridgehead atoms. The highest BCUT2D eigenvalue weighted by molar-refractivity contribution is 7.89. The number of aryl methyl sites for hydroxylation is 1. The summed E-state index contributed by atoms with van der Waals surface area (Å²) >= 11 is 0. The van der Waals surface area contributed by atoms with Crippen molar-refractivity contribution in [1.82, 2.24) is 4.72 Å². The summed E-state index contributed by atoms with van der Waals surface area (Å²) in [5.74, 6) is -0.149. The average Bonchev–Trinajstić information content (AvgIpc) is 3.03. The molecular weight excluding hydrogens is 368 g/mol. The molecule has 2 aliphatic heterocycles. The van der Waals surface area contributed by atoms with Crippen LogP contribution in [0.25, 0.3) is 0 Å². The van der Waals surface area contributed by atoms with Crippen LogP contribution in [0.1, 0.15) is 24.8 Å². The predicted octanol–water partition coefficient (Wildman–Crippen LogP) is 2.33. The monoisotopic (exact) mass is 388 g/mol. The van der Waals surface area contributed by atoms with Crippen molar-refractivity contribution in [3.63, 3.8) is 0 Å². The van der Waals surface area contributed by atoms with Crippen molar-refractivity contribution in [2.24, 2.45) is 0 Å². The van der Waals surface area contributed by atoms with Gasteiger partial charge in [0, 0.05) is 12.8 Å². The van der Waals surface area contributed by atoms with Gasteiger partial charge in [-0.25, -0.2) is 8.42 Å². The van der Waals surface area contributed by atoms with Gasteiger partial charge in [0.1, 0.15) is 10.6 Å². The number of carboxylic acid groups (broad SMARTS) is 1. The molecular formula is C19H20N2O5S. The third-order valence-corrected chi connectivity index (χ3v) is 6.39. The lowest BCUT2D eigenvalue weighted by Crippen LogP contribution is -2.52. The number of hydrogen-bond acceptors (Lipinski definition) is 5. The summed E-state index contributed by atoms with van der Waals surface area (Å²) in [7, 11) is -3.51. The van der Waals surface area contributed by atoms with E-state index in [0.717, 1.165) is 5.56 Å². The molecule has 1 fully saturated rings. The summed E-state index contributed by atoms with van der Waals surface area (Å²) in [4.78, 5) is 12.9. The number of aliphatic carboxylic acids is 1. The zero-order valence-electron chi connectivity index (χ0n) is 14.5. The van der Waals surface area contributed by atoms with Crippen molar-refractivity contribution in [2.75, 3.05) is 4.90 Å². The Bertz CT molecular complexity index is 958. The van der Waals surface area contributed by atoms with Crippen LogP contribution in [-0.2, 0) is 21.2 Å². The molecule has 142 valence electrons. The van der Waals surface area contributed by atoms with E-state index in [2.05, 4.69) is 4.72 Å². The number of carboxylic acids is 1. The number of benzene rings is 2. The highest BCUT2D eigenvalue weighted by Crippen LogP contribution is 2.38. The number of anilines is 1. The van der Waals surface area contributed by atoms with Gasteiger partial charge in [-0.2, -0.15) is 4.72 Å². The first-order valence-electron chi connectivity index (χ1n) is 8.81. The quantitative estimate of drug-likeness (QED) is 0.816. The second kappa shape index (κ2) is 6.86. The lowest BCUT2D eigenvalue weighted by molar-refractivity contribution is -0.136. The summed E-state index contributed by atoms with van der Waals surface area (Å²) in [6.45, 7) is 0. The molecule has 8 heteroatoms. The summed E-state index contributed by atoms with van der Waals surface area (Å²) < 4.78 is 33.7. The van der Waals surface area contributed by atoms with Gasteiger partial charge < -0.3 is 14.7 Å². The number of carbonyl (C=O) groups is 1. The molecule has 2 N–H and O–H groups in total. The normalized spacial score (nSPS) is 22.7. The number of nitrogens with one attached hydrogen (secondary N) is 1. The van der Waals surface area contributed by atoms with Crippen molar-refractivity contribution in [1.29, 1.82) is 0 Å². The van der Waals surface area contributed by atoms with Crippen LogP contribution in [0.5, 0.6) is 5.75 Å². The summed E-state index contributed by atoms with van der Waals surface area (Å²) in [6, 6.07) is 14.3. The fourth-order valence-corrected chi connectivity index (χ4v) is 5.04. The van der Waals surface area contributed by atoms with Crippen LogP contribution in [0.15, 0.2) is 53.4 Å². The number of sulfonamides is 1. The Kier molecular flexibility index (Phi) is 4.53. The maximum atomic E-state index is 12.4. The zero-order chi connectivity index (χ0) is 19.0. The fraction of sp³-hybridized carbons (Fsp3) is 0.316. The van der Waals surface area contributed by atoms with E-state index in [1.807, 2.05) is 35.2 Å². The second-order valence-corrected chi connectivity index (χ2v) is 8.38. The highest BCUT2D eigenvalue weighted by Gasteiger charge is 2.43. The molecule has 0 aromatic heterocycles. The van der Waals surface area contributed by atoms with E-state index >= 15 is 0 Å². The minimum Gasteiger partial charge on any atom is -0.481 e.